The lowest BCUT2D eigenvalue weighted by Gasteiger charge is -2.32. The molecule has 3 heterocycles. The van der Waals surface area contributed by atoms with Crippen molar-refractivity contribution in [1.29, 1.82) is 0 Å². The zero-order valence-electron chi connectivity index (χ0n) is 12.2. The summed E-state index contributed by atoms with van der Waals surface area (Å²) in [5.74, 6) is 1.02. The number of hydrogen-bond acceptors (Lipinski definition) is 6. The number of hydrogen-bond donors (Lipinski definition) is 2. The second kappa shape index (κ2) is 5.85. The first-order valence-electron chi connectivity index (χ1n) is 7.53. The highest BCUT2D eigenvalue weighted by molar-refractivity contribution is 5.60. The zero-order valence-corrected chi connectivity index (χ0v) is 12.2. The van der Waals surface area contributed by atoms with Crippen LogP contribution in [0.4, 0.5) is 17.3 Å². The standard InChI is InChI=1S/C14H21N5O2/c1-15-13-6-5-12(19(20)21)14(17-13)16-10-7-9-18-8-3-2-4-11(10)18/h5-6,10-11H,2-4,7-9H2,1H3,(H2,15,16,17). The summed E-state index contributed by atoms with van der Waals surface area (Å²) in [5, 5.41) is 17.4. The Kier molecular flexibility index (Phi) is 3.92. The third kappa shape index (κ3) is 2.78. The van der Waals surface area contributed by atoms with Gasteiger partial charge in [0, 0.05) is 31.7 Å². The Morgan fingerprint density at radius 1 is 1.33 bits per heavy atom. The predicted octanol–water partition coefficient (Wildman–Crippen LogP) is 2.07. The van der Waals surface area contributed by atoms with Crippen LogP contribution in [0.1, 0.15) is 25.7 Å². The second-order valence-electron chi connectivity index (χ2n) is 5.71. The monoisotopic (exact) mass is 291 g/mol. The summed E-state index contributed by atoms with van der Waals surface area (Å²) < 4.78 is 0. The van der Waals surface area contributed by atoms with Gasteiger partial charge in [-0.05, 0) is 31.9 Å². The topological polar surface area (TPSA) is 83.3 Å². The Balaban J connectivity index is 1.81. The van der Waals surface area contributed by atoms with Gasteiger partial charge in [-0.2, -0.15) is 0 Å². The smallest absolute Gasteiger partial charge is 0.311 e. The minimum absolute atomic E-state index is 0.0447. The molecule has 2 unspecified atom stereocenters. The number of nitro groups is 1. The fraction of sp³-hybridized carbons (Fsp3) is 0.643. The van der Waals surface area contributed by atoms with E-state index in [9.17, 15) is 10.1 Å². The van der Waals surface area contributed by atoms with Crippen LogP contribution in [0.5, 0.6) is 0 Å². The van der Waals surface area contributed by atoms with Gasteiger partial charge in [-0.15, -0.1) is 0 Å². The van der Waals surface area contributed by atoms with E-state index in [1.165, 1.54) is 18.9 Å². The summed E-state index contributed by atoms with van der Waals surface area (Å²) in [4.78, 5) is 17.6. The highest BCUT2D eigenvalue weighted by Crippen LogP contribution is 2.32. The molecule has 0 bridgehead atoms. The van der Waals surface area contributed by atoms with Gasteiger partial charge >= 0.3 is 5.69 Å². The van der Waals surface area contributed by atoms with Gasteiger partial charge in [-0.1, -0.05) is 6.42 Å². The second-order valence-corrected chi connectivity index (χ2v) is 5.71. The average Bonchev–Trinajstić information content (AvgIpc) is 2.90. The number of piperidine rings is 1. The van der Waals surface area contributed by atoms with Gasteiger partial charge in [0.1, 0.15) is 5.82 Å². The molecule has 2 aliphatic rings. The molecule has 7 nitrogen and oxygen atoms in total. The number of anilines is 2. The van der Waals surface area contributed by atoms with Gasteiger partial charge in [0.2, 0.25) is 5.82 Å². The Bertz CT molecular complexity index is 536. The van der Waals surface area contributed by atoms with Crippen molar-refractivity contribution in [2.24, 2.45) is 0 Å². The molecule has 3 rings (SSSR count). The van der Waals surface area contributed by atoms with E-state index >= 15 is 0 Å². The maximum Gasteiger partial charge on any atom is 0.311 e. The van der Waals surface area contributed by atoms with E-state index in [0.717, 1.165) is 25.9 Å². The quantitative estimate of drug-likeness (QED) is 0.652. The van der Waals surface area contributed by atoms with E-state index in [0.29, 0.717) is 17.7 Å². The Morgan fingerprint density at radius 2 is 2.19 bits per heavy atom. The van der Waals surface area contributed by atoms with Crippen LogP contribution in [-0.2, 0) is 0 Å². The normalized spacial score (nSPS) is 25.4. The number of aromatic nitrogens is 1. The first-order valence-corrected chi connectivity index (χ1v) is 7.53. The number of nitrogens with zero attached hydrogens (tertiary/aromatic N) is 3. The van der Waals surface area contributed by atoms with Crippen LogP contribution < -0.4 is 10.6 Å². The number of rotatable bonds is 4. The van der Waals surface area contributed by atoms with Crippen molar-refractivity contribution in [2.45, 2.75) is 37.8 Å². The minimum Gasteiger partial charge on any atom is -0.373 e. The van der Waals surface area contributed by atoms with E-state index in [-0.39, 0.29) is 16.7 Å². The van der Waals surface area contributed by atoms with Crippen LogP contribution in [0.25, 0.3) is 0 Å². The largest absolute Gasteiger partial charge is 0.373 e. The lowest BCUT2D eigenvalue weighted by molar-refractivity contribution is -0.384. The van der Waals surface area contributed by atoms with Crippen molar-refractivity contribution in [1.82, 2.24) is 9.88 Å². The van der Waals surface area contributed by atoms with Gasteiger partial charge in [0.25, 0.3) is 0 Å². The molecule has 2 aliphatic heterocycles. The van der Waals surface area contributed by atoms with E-state index in [1.807, 2.05) is 0 Å². The highest BCUT2D eigenvalue weighted by Gasteiger charge is 2.36. The summed E-state index contributed by atoms with van der Waals surface area (Å²) in [6.45, 7) is 2.22. The molecular formula is C14H21N5O2. The lowest BCUT2D eigenvalue weighted by Crippen LogP contribution is -2.41. The molecule has 2 saturated heterocycles. The molecule has 0 aromatic carbocycles. The molecule has 1 aromatic rings. The number of pyridine rings is 1. The van der Waals surface area contributed by atoms with Crippen molar-refractivity contribution in [2.75, 3.05) is 30.8 Å². The lowest BCUT2D eigenvalue weighted by atomic mass is 9.99. The molecule has 21 heavy (non-hydrogen) atoms. The molecule has 0 amide bonds. The maximum absolute atomic E-state index is 11.2. The average molecular weight is 291 g/mol. The van der Waals surface area contributed by atoms with E-state index < -0.39 is 0 Å². The number of fused-ring (bicyclic) bond motifs is 1. The van der Waals surface area contributed by atoms with Crippen molar-refractivity contribution in [3.05, 3.63) is 22.2 Å². The summed E-state index contributed by atoms with van der Waals surface area (Å²) in [7, 11) is 1.76. The molecule has 0 saturated carbocycles. The molecule has 2 fully saturated rings. The zero-order chi connectivity index (χ0) is 14.8. The van der Waals surface area contributed by atoms with Crippen LogP contribution in [0.15, 0.2) is 12.1 Å². The highest BCUT2D eigenvalue weighted by atomic mass is 16.6. The first kappa shape index (κ1) is 14.1. The summed E-state index contributed by atoms with van der Waals surface area (Å²) in [6, 6.07) is 3.88. The van der Waals surface area contributed by atoms with E-state index in [4.69, 9.17) is 0 Å². The number of nitrogens with one attached hydrogen (secondary N) is 2. The van der Waals surface area contributed by atoms with Gasteiger partial charge in [0.05, 0.1) is 4.92 Å². The van der Waals surface area contributed by atoms with Gasteiger partial charge in [-0.25, -0.2) is 4.98 Å². The maximum atomic E-state index is 11.2. The van der Waals surface area contributed by atoms with Gasteiger partial charge in [-0.3, -0.25) is 15.0 Å². The minimum atomic E-state index is -0.373. The fourth-order valence-electron chi connectivity index (χ4n) is 3.44. The third-order valence-electron chi connectivity index (χ3n) is 4.50. The summed E-state index contributed by atoms with van der Waals surface area (Å²) in [6.07, 6.45) is 4.69. The first-order chi connectivity index (χ1) is 10.2. The molecule has 0 radical (unpaired) electrons. The summed E-state index contributed by atoms with van der Waals surface area (Å²) in [5.41, 5.74) is 0.0447. The predicted molar refractivity (Wildman–Crippen MR) is 81.7 cm³/mol. The van der Waals surface area contributed by atoms with E-state index in [1.54, 1.807) is 13.1 Å². The van der Waals surface area contributed by atoms with Crippen molar-refractivity contribution >= 4 is 17.3 Å². The molecule has 0 spiro atoms. The van der Waals surface area contributed by atoms with Crippen molar-refractivity contribution in [3.63, 3.8) is 0 Å². The van der Waals surface area contributed by atoms with E-state index in [2.05, 4.69) is 20.5 Å². The van der Waals surface area contributed by atoms with Gasteiger partial charge in [0.15, 0.2) is 0 Å². The van der Waals surface area contributed by atoms with Crippen LogP contribution in [-0.4, -0.2) is 47.0 Å². The van der Waals surface area contributed by atoms with Crippen molar-refractivity contribution in [3.8, 4) is 0 Å². The molecule has 2 N–H and O–H groups in total. The molecule has 114 valence electrons. The van der Waals surface area contributed by atoms with Crippen LogP contribution >= 0.6 is 0 Å². The van der Waals surface area contributed by atoms with Crippen LogP contribution in [0.3, 0.4) is 0 Å². The Morgan fingerprint density at radius 3 is 2.95 bits per heavy atom. The molecular weight excluding hydrogens is 270 g/mol. The molecule has 7 heteroatoms. The third-order valence-corrected chi connectivity index (χ3v) is 4.50. The fourth-order valence-corrected chi connectivity index (χ4v) is 3.44. The Labute approximate surface area is 123 Å². The molecule has 2 atom stereocenters. The van der Waals surface area contributed by atoms with Gasteiger partial charge < -0.3 is 10.6 Å². The summed E-state index contributed by atoms with van der Waals surface area (Å²) >= 11 is 0. The Hall–Kier alpha value is -1.89. The van der Waals surface area contributed by atoms with Crippen molar-refractivity contribution < 1.29 is 4.92 Å². The molecule has 1 aromatic heterocycles. The van der Waals surface area contributed by atoms with Crippen LogP contribution in [0.2, 0.25) is 0 Å². The van der Waals surface area contributed by atoms with Crippen LogP contribution in [0, 0.1) is 10.1 Å². The molecule has 0 aliphatic carbocycles. The SMILES string of the molecule is CNc1ccc([N+](=O)[O-])c(NC2CCN3CCCCC23)n1.